The van der Waals surface area contributed by atoms with Crippen LogP contribution in [-0.2, 0) is 0 Å². The molecule has 142 valence electrons. The van der Waals surface area contributed by atoms with Gasteiger partial charge in [0.25, 0.3) is 0 Å². The van der Waals surface area contributed by atoms with Crippen LogP contribution in [0.3, 0.4) is 0 Å². The van der Waals surface area contributed by atoms with Crippen LogP contribution in [0.25, 0.3) is 0 Å². The van der Waals surface area contributed by atoms with Gasteiger partial charge in [-0.2, -0.15) is 4.98 Å². The van der Waals surface area contributed by atoms with Crippen LogP contribution in [0.5, 0.6) is 5.75 Å². The lowest BCUT2D eigenvalue weighted by molar-refractivity contribution is 0.103. The summed E-state index contributed by atoms with van der Waals surface area (Å²) in [6.45, 7) is 0.902. The Balaban J connectivity index is 1.71. The molecule has 2 heterocycles. The molecule has 0 bridgehead atoms. The standard InChI is InChI=1S/C18H21N5O4/c1-27-14-5-3-2-4-12(14)15(24)13-10-20-17(22-16(13)19)21-11-6-8-23(9-7-11)18(25)26/h2-5,10-11H,6-9H2,1H3,(H,25,26)(H3,19,20,21,22). The van der Waals surface area contributed by atoms with Crippen molar-refractivity contribution in [3.63, 3.8) is 0 Å². The summed E-state index contributed by atoms with van der Waals surface area (Å²) in [6, 6.07) is 6.92. The number of likely N-dealkylation sites (tertiary alicyclic amines) is 1. The normalized spacial score (nSPS) is 14.6. The zero-order valence-corrected chi connectivity index (χ0v) is 14.9. The Bertz CT molecular complexity index is 849. The number of amides is 1. The Morgan fingerprint density at radius 1 is 1.26 bits per heavy atom. The summed E-state index contributed by atoms with van der Waals surface area (Å²) in [5.41, 5.74) is 6.57. The van der Waals surface area contributed by atoms with E-state index >= 15 is 0 Å². The third-order valence-electron chi connectivity index (χ3n) is 4.51. The van der Waals surface area contributed by atoms with Crippen molar-refractivity contribution in [3.8, 4) is 5.75 Å². The fraction of sp³-hybridized carbons (Fsp3) is 0.333. The second-order valence-corrected chi connectivity index (χ2v) is 6.21. The Morgan fingerprint density at radius 2 is 1.96 bits per heavy atom. The first kappa shape index (κ1) is 18.4. The van der Waals surface area contributed by atoms with E-state index in [9.17, 15) is 9.59 Å². The number of rotatable bonds is 5. The Kier molecular flexibility index (Phi) is 5.39. The van der Waals surface area contributed by atoms with Gasteiger partial charge in [-0.1, -0.05) is 12.1 Å². The van der Waals surface area contributed by atoms with Gasteiger partial charge in [-0.3, -0.25) is 4.79 Å². The van der Waals surface area contributed by atoms with Crippen LogP contribution in [0.1, 0.15) is 28.8 Å². The Labute approximate surface area is 156 Å². The largest absolute Gasteiger partial charge is 0.496 e. The van der Waals surface area contributed by atoms with E-state index in [0.717, 1.165) is 0 Å². The van der Waals surface area contributed by atoms with Gasteiger partial charge in [-0.05, 0) is 25.0 Å². The van der Waals surface area contributed by atoms with Crippen molar-refractivity contribution in [3.05, 3.63) is 41.6 Å². The molecule has 1 saturated heterocycles. The van der Waals surface area contributed by atoms with Crippen molar-refractivity contribution in [2.45, 2.75) is 18.9 Å². The van der Waals surface area contributed by atoms with E-state index in [0.29, 0.717) is 43.2 Å². The van der Waals surface area contributed by atoms with E-state index in [-0.39, 0.29) is 23.2 Å². The van der Waals surface area contributed by atoms with E-state index in [1.165, 1.54) is 18.2 Å². The molecule has 0 radical (unpaired) electrons. The maximum atomic E-state index is 12.7. The molecule has 1 aromatic heterocycles. The molecule has 0 spiro atoms. The summed E-state index contributed by atoms with van der Waals surface area (Å²) >= 11 is 0. The predicted octanol–water partition coefficient (Wildman–Crippen LogP) is 1.85. The average Bonchev–Trinajstić information content (AvgIpc) is 2.68. The van der Waals surface area contributed by atoms with Gasteiger partial charge in [0, 0.05) is 25.3 Å². The Hall–Kier alpha value is -3.36. The Morgan fingerprint density at radius 3 is 2.59 bits per heavy atom. The van der Waals surface area contributed by atoms with Gasteiger partial charge < -0.3 is 25.8 Å². The number of carbonyl (C=O) groups is 2. The molecule has 1 aliphatic heterocycles. The SMILES string of the molecule is COc1ccccc1C(=O)c1cnc(NC2CCN(C(=O)O)CC2)nc1N. The number of carbonyl (C=O) groups excluding carboxylic acids is 1. The molecule has 0 saturated carbocycles. The van der Waals surface area contributed by atoms with Crippen LogP contribution < -0.4 is 15.8 Å². The molecule has 1 aliphatic rings. The van der Waals surface area contributed by atoms with E-state index < -0.39 is 6.09 Å². The first-order chi connectivity index (χ1) is 13.0. The van der Waals surface area contributed by atoms with Gasteiger partial charge in [-0.25, -0.2) is 9.78 Å². The van der Waals surface area contributed by atoms with Crippen LogP contribution in [0.2, 0.25) is 0 Å². The lowest BCUT2D eigenvalue weighted by atomic mass is 10.0. The first-order valence-corrected chi connectivity index (χ1v) is 8.54. The summed E-state index contributed by atoms with van der Waals surface area (Å²) in [7, 11) is 1.49. The number of aromatic nitrogens is 2. The quantitative estimate of drug-likeness (QED) is 0.679. The van der Waals surface area contributed by atoms with Gasteiger partial charge in [0.1, 0.15) is 11.6 Å². The molecule has 0 aliphatic carbocycles. The van der Waals surface area contributed by atoms with Crippen molar-refractivity contribution in [2.75, 3.05) is 31.2 Å². The highest BCUT2D eigenvalue weighted by Gasteiger charge is 2.23. The van der Waals surface area contributed by atoms with E-state index in [1.807, 2.05) is 0 Å². The van der Waals surface area contributed by atoms with Crippen molar-refractivity contribution < 1.29 is 19.4 Å². The van der Waals surface area contributed by atoms with Crippen molar-refractivity contribution in [1.29, 1.82) is 0 Å². The fourth-order valence-electron chi connectivity index (χ4n) is 3.01. The number of carboxylic acid groups (broad SMARTS) is 1. The molecule has 1 aromatic carbocycles. The number of methoxy groups -OCH3 is 1. The number of nitrogens with two attached hydrogens (primary N) is 1. The van der Waals surface area contributed by atoms with E-state index in [1.54, 1.807) is 24.3 Å². The second kappa shape index (κ2) is 7.90. The minimum absolute atomic E-state index is 0.0516. The van der Waals surface area contributed by atoms with Crippen molar-refractivity contribution in [2.24, 2.45) is 0 Å². The highest BCUT2D eigenvalue weighted by molar-refractivity contribution is 6.13. The van der Waals surface area contributed by atoms with Crippen LogP contribution in [0, 0.1) is 0 Å². The number of para-hydroxylation sites is 1. The molecule has 9 nitrogen and oxygen atoms in total. The molecule has 1 fully saturated rings. The van der Waals surface area contributed by atoms with Gasteiger partial charge in [0.05, 0.1) is 18.2 Å². The lowest BCUT2D eigenvalue weighted by Crippen LogP contribution is -2.41. The maximum Gasteiger partial charge on any atom is 0.407 e. The van der Waals surface area contributed by atoms with Gasteiger partial charge in [0.2, 0.25) is 11.7 Å². The number of ketones is 1. The monoisotopic (exact) mass is 371 g/mol. The highest BCUT2D eigenvalue weighted by Crippen LogP contribution is 2.23. The van der Waals surface area contributed by atoms with Gasteiger partial charge in [-0.15, -0.1) is 0 Å². The van der Waals surface area contributed by atoms with E-state index in [4.69, 9.17) is 15.6 Å². The number of nitrogen functional groups attached to an aromatic ring is 1. The topological polar surface area (TPSA) is 131 Å². The van der Waals surface area contributed by atoms with Crippen molar-refractivity contribution in [1.82, 2.24) is 14.9 Å². The number of piperidine rings is 1. The van der Waals surface area contributed by atoms with Gasteiger partial charge in [0.15, 0.2) is 0 Å². The summed E-state index contributed by atoms with van der Waals surface area (Å²) in [5, 5.41) is 12.1. The summed E-state index contributed by atoms with van der Waals surface area (Å²) < 4.78 is 5.22. The van der Waals surface area contributed by atoms with Crippen LogP contribution in [0.15, 0.2) is 30.5 Å². The molecule has 27 heavy (non-hydrogen) atoms. The average molecular weight is 371 g/mol. The van der Waals surface area contributed by atoms with Crippen LogP contribution in [-0.4, -0.2) is 58.1 Å². The van der Waals surface area contributed by atoms with Crippen LogP contribution >= 0.6 is 0 Å². The molecular weight excluding hydrogens is 350 g/mol. The number of hydrogen-bond donors (Lipinski definition) is 3. The maximum absolute atomic E-state index is 12.7. The number of benzene rings is 1. The summed E-state index contributed by atoms with van der Waals surface area (Å²) in [6.07, 6.45) is 1.79. The smallest absolute Gasteiger partial charge is 0.407 e. The van der Waals surface area contributed by atoms with Crippen LogP contribution in [0.4, 0.5) is 16.6 Å². The first-order valence-electron chi connectivity index (χ1n) is 8.54. The molecule has 3 rings (SSSR count). The second-order valence-electron chi connectivity index (χ2n) is 6.21. The minimum Gasteiger partial charge on any atom is -0.496 e. The highest BCUT2D eigenvalue weighted by atomic mass is 16.5. The number of hydrogen-bond acceptors (Lipinski definition) is 7. The molecule has 1 amide bonds. The summed E-state index contributed by atoms with van der Waals surface area (Å²) in [4.78, 5) is 33.4. The molecular formula is C18H21N5O4. The molecule has 0 atom stereocenters. The van der Waals surface area contributed by atoms with E-state index in [2.05, 4.69) is 15.3 Å². The number of nitrogens with zero attached hydrogens (tertiary/aromatic N) is 3. The molecule has 9 heteroatoms. The van der Waals surface area contributed by atoms with Gasteiger partial charge >= 0.3 is 6.09 Å². The molecule has 4 N–H and O–H groups in total. The predicted molar refractivity (Wildman–Crippen MR) is 99.1 cm³/mol. The molecule has 0 unspecified atom stereocenters. The number of anilines is 2. The summed E-state index contributed by atoms with van der Waals surface area (Å²) in [5.74, 6) is 0.532. The minimum atomic E-state index is -0.909. The van der Waals surface area contributed by atoms with Crippen molar-refractivity contribution >= 4 is 23.6 Å². The zero-order valence-electron chi connectivity index (χ0n) is 14.9. The molecule has 2 aromatic rings. The third kappa shape index (κ3) is 4.08. The zero-order chi connectivity index (χ0) is 19.4. The number of nitrogens with one attached hydrogen (secondary N) is 1. The number of ether oxygens (including phenoxy) is 1. The fourth-order valence-corrected chi connectivity index (χ4v) is 3.01. The lowest BCUT2D eigenvalue weighted by Gasteiger charge is -2.30. The third-order valence-corrected chi connectivity index (χ3v) is 4.51.